The molecular formula is C12H28N2O. The standard InChI is InChI=1S/C12H28N2O/c1-7-12(8-2,14(4)5)11(10-15-6)13-9-3/h11,13H,7-10H2,1-6H3. The fourth-order valence-electron chi connectivity index (χ4n) is 2.50. The van der Waals surface area contributed by atoms with Gasteiger partial charge in [0.25, 0.3) is 0 Å². The first kappa shape index (κ1) is 14.9. The van der Waals surface area contributed by atoms with E-state index >= 15 is 0 Å². The molecular weight excluding hydrogens is 188 g/mol. The Morgan fingerprint density at radius 3 is 2.00 bits per heavy atom. The molecule has 3 nitrogen and oxygen atoms in total. The van der Waals surface area contributed by atoms with Crippen LogP contribution in [0.4, 0.5) is 0 Å². The number of hydrogen-bond donors (Lipinski definition) is 1. The molecule has 3 heteroatoms. The molecule has 0 fully saturated rings. The highest BCUT2D eigenvalue weighted by Gasteiger charge is 2.37. The van der Waals surface area contributed by atoms with Gasteiger partial charge in [-0.3, -0.25) is 0 Å². The SMILES string of the molecule is CCNC(COC)C(CC)(CC)N(C)C. The molecule has 1 unspecified atom stereocenters. The van der Waals surface area contributed by atoms with Gasteiger partial charge in [-0.05, 0) is 33.5 Å². The van der Waals surface area contributed by atoms with E-state index in [1.54, 1.807) is 7.11 Å². The fraction of sp³-hybridized carbons (Fsp3) is 1.00. The van der Waals surface area contributed by atoms with Crippen LogP contribution in [0.3, 0.4) is 0 Å². The zero-order valence-corrected chi connectivity index (χ0v) is 11.3. The molecule has 0 rings (SSSR count). The van der Waals surface area contributed by atoms with Gasteiger partial charge in [-0.2, -0.15) is 0 Å². The number of nitrogens with zero attached hydrogens (tertiary/aromatic N) is 1. The Labute approximate surface area is 95.2 Å². The number of methoxy groups -OCH3 is 1. The molecule has 0 aromatic rings. The summed E-state index contributed by atoms with van der Waals surface area (Å²) < 4.78 is 5.33. The van der Waals surface area contributed by atoms with Gasteiger partial charge in [0.1, 0.15) is 0 Å². The molecule has 0 aliphatic carbocycles. The smallest absolute Gasteiger partial charge is 0.0633 e. The lowest BCUT2D eigenvalue weighted by molar-refractivity contribution is 0.0419. The molecule has 0 aliphatic rings. The second-order valence-corrected chi connectivity index (χ2v) is 4.27. The van der Waals surface area contributed by atoms with Crippen molar-refractivity contribution in [1.29, 1.82) is 0 Å². The van der Waals surface area contributed by atoms with Gasteiger partial charge in [0, 0.05) is 18.7 Å². The summed E-state index contributed by atoms with van der Waals surface area (Å²) in [5.41, 5.74) is 0.200. The van der Waals surface area contributed by atoms with Crippen molar-refractivity contribution in [3.8, 4) is 0 Å². The number of rotatable bonds is 8. The summed E-state index contributed by atoms with van der Waals surface area (Å²) in [6.45, 7) is 8.42. The lowest BCUT2D eigenvalue weighted by Crippen LogP contribution is -2.60. The van der Waals surface area contributed by atoms with Crippen LogP contribution in [0.5, 0.6) is 0 Å². The van der Waals surface area contributed by atoms with Gasteiger partial charge in [0.2, 0.25) is 0 Å². The third kappa shape index (κ3) is 3.44. The van der Waals surface area contributed by atoms with Crippen LogP contribution in [0, 0.1) is 0 Å². The minimum Gasteiger partial charge on any atom is -0.383 e. The normalized spacial score (nSPS) is 14.6. The highest BCUT2D eigenvalue weighted by Crippen LogP contribution is 2.26. The van der Waals surface area contributed by atoms with Gasteiger partial charge in [-0.15, -0.1) is 0 Å². The fourth-order valence-corrected chi connectivity index (χ4v) is 2.50. The van der Waals surface area contributed by atoms with Gasteiger partial charge in [0.15, 0.2) is 0 Å². The lowest BCUT2D eigenvalue weighted by atomic mass is 9.83. The predicted molar refractivity (Wildman–Crippen MR) is 66.3 cm³/mol. The number of likely N-dealkylation sites (N-methyl/N-ethyl adjacent to an activating group) is 2. The molecule has 0 amide bonds. The zero-order valence-electron chi connectivity index (χ0n) is 11.3. The van der Waals surface area contributed by atoms with Crippen molar-refractivity contribution >= 4 is 0 Å². The molecule has 0 radical (unpaired) electrons. The summed E-state index contributed by atoms with van der Waals surface area (Å²) in [6, 6.07) is 0.400. The van der Waals surface area contributed by atoms with Crippen LogP contribution >= 0.6 is 0 Å². The van der Waals surface area contributed by atoms with E-state index in [1.165, 1.54) is 0 Å². The molecule has 1 N–H and O–H groups in total. The number of hydrogen-bond acceptors (Lipinski definition) is 3. The first-order valence-corrected chi connectivity index (χ1v) is 5.98. The third-order valence-corrected chi connectivity index (χ3v) is 3.55. The van der Waals surface area contributed by atoms with Gasteiger partial charge < -0.3 is 15.0 Å². The average molecular weight is 216 g/mol. The van der Waals surface area contributed by atoms with E-state index in [4.69, 9.17) is 4.74 Å². The van der Waals surface area contributed by atoms with Crippen molar-refractivity contribution in [1.82, 2.24) is 10.2 Å². The van der Waals surface area contributed by atoms with E-state index in [1.807, 2.05) is 0 Å². The second-order valence-electron chi connectivity index (χ2n) is 4.27. The van der Waals surface area contributed by atoms with Crippen molar-refractivity contribution in [2.45, 2.75) is 45.2 Å². The van der Waals surface area contributed by atoms with Crippen LogP contribution in [0.1, 0.15) is 33.6 Å². The molecule has 0 saturated carbocycles. The van der Waals surface area contributed by atoms with Crippen molar-refractivity contribution in [3.63, 3.8) is 0 Å². The first-order valence-electron chi connectivity index (χ1n) is 5.98. The third-order valence-electron chi connectivity index (χ3n) is 3.55. The summed E-state index contributed by atoms with van der Waals surface area (Å²) in [7, 11) is 6.09. The topological polar surface area (TPSA) is 24.5 Å². The summed E-state index contributed by atoms with van der Waals surface area (Å²) in [6.07, 6.45) is 2.27. The van der Waals surface area contributed by atoms with E-state index in [9.17, 15) is 0 Å². The van der Waals surface area contributed by atoms with Crippen molar-refractivity contribution in [3.05, 3.63) is 0 Å². The molecule has 92 valence electrons. The van der Waals surface area contributed by atoms with Crippen molar-refractivity contribution in [2.75, 3.05) is 34.4 Å². The maximum atomic E-state index is 5.33. The van der Waals surface area contributed by atoms with E-state index in [-0.39, 0.29) is 5.54 Å². The first-order chi connectivity index (χ1) is 7.08. The van der Waals surface area contributed by atoms with Crippen LogP contribution in [-0.2, 0) is 4.74 Å². The van der Waals surface area contributed by atoms with Gasteiger partial charge >= 0.3 is 0 Å². The summed E-state index contributed by atoms with van der Waals surface area (Å²) in [5, 5.41) is 3.54. The van der Waals surface area contributed by atoms with Crippen LogP contribution < -0.4 is 5.32 Å². The number of ether oxygens (including phenoxy) is 1. The average Bonchev–Trinajstić information content (AvgIpc) is 2.20. The Bertz CT molecular complexity index is 150. The van der Waals surface area contributed by atoms with E-state index in [2.05, 4.69) is 45.1 Å². The molecule has 15 heavy (non-hydrogen) atoms. The zero-order chi connectivity index (χ0) is 11.9. The summed E-state index contributed by atoms with van der Waals surface area (Å²) in [5.74, 6) is 0. The molecule has 0 spiro atoms. The Hall–Kier alpha value is -0.120. The Balaban J connectivity index is 4.79. The molecule has 0 aromatic heterocycles. The van der Waals surface area contributed by atoms with Gasteiger partial charge in [-0.25, -0.2) is 0 Å². The molecule has 0 heterocycles. The van der Waals surface area contributed by atoms with Crippen molar-refractivity contribution < 1.29 is 4.74 Å². The molecule has 0 bridgehead atoms. The van der Waals surface area contributed by atoms with Crippen molar-refractivity contribution in [2.24, 2.45) is 0 Å². The largest absolute Gasteiger partial charge is 0.383 e. The molecule has 0 aromatic carbocycles. The minimum absolute atomic E-state index is 0.200. The predicted octanol–water partition coefficient (Wildman–Crippen LogP) is 1.73. The lowest BCUT2D eigenvalue weighted by Gasteiger charge is -2.45. The highest BCUT2D eigenvalue weighted by molar-refractivity contribution is 4.96. The Kier molecular flexibility index (Phi) is 7.14. The monoisotopic (exact) mass is 216 g/mol. The van der Waals surface area contributed by atoms with Gasteiger partial charge in [0.05, 0.1) is 6.61 Å². The second kappa shape index (κ2) is 7.20. The van der Waals surface area contributed by atoms with E-state index < -0.39 is 0 Å². The minimum atomic E-state index is 0.200. The molecule has 0 aliphatic heterocycles. The van der Waals surface area contributed by atoms with E-state index in [0.717, 1.165) is 26.0 Å². The Morgan fingerprint density at radius 2 is 1.73 bits per heavy atom. The van der Waals surface area contributed by atoms with Crippen LogP contribution in [0.25, 0.3) is 0 Å². The summed E-state index contributed by atoms with van der Waals surface area (Å²) in [4.78, 5) is 2.33. The molecule has 0 saturated heterocycles. The highest BCUT2D eigenvalue weighted by atomic mass is 16.5. The Morgan fingerprint density at radius 1 is 1.20 bits per heavy atom. The quantitative estimate of drug-likeness (QED) is 0.669. The summed E-state index contributed by atoms with van der Waals surface area (Å²) >= 11 is 0. The maximum absolute atomic E-state index is 5.33. The maximum Gasteiger partial charge on any atom is 0.0633 e. The van der Waals surface area contributed by atoms with E-state index in [0.29, 0.717) is 6.04 Å². The van der Waals surface area contributed by atoms with Crippen LogP contribution in [-0.4, -0.2) is 50.8 Å². The number of nitrogens with one attached hydrogen (secondary N) is 1. The molecule has 1 atom stereocenters. The van der Waals surface area contributed by atoms with Gasteiger partial charge in [-0.1, -0.05) is 20.8 Å². The van der Waals surface area contributed by atoms with Crippen LogP contribution in [0.2, 0.25) is 0 Å². The van der Waals surface area contributed by atoms with Crippen LogP contribution in [0.15, 0.2) is 0 Å².